The average molecular weight is 323 g/mol. The van der Waals surface area contributed by atoms with Crippen LogP contribution in [0.2, 0.25) is 0 Å². The van der Waals surface area contributed by atoms with Gasteiger partial charge in [0.15, 0.2) is 0 Å². The van der Waals surface area contributed by atoms with Crippen molar-refractivity contribution in [1.82, 2.24) is 14.5 Å². The molecule has 0 fully saturated rings. The number of hydrogen-bond donors (Lipinski definition) is 0. The fourth-order valence-corrected chi connectivity index (χ4v) is 2.27. The third-order valence-corrected chi connectivity index (χ3v) is 3.60. The van der Waals surface area contributed by atoms with Crippen LogP contribution in [0.5, 0.6) is 5.75 Å². The van der Waals surface area contributed by atoms with Crippen molar-refractivity contribution in [2.75, 3.05) is 7.11 Å². The zero-order chi connectivity index (χ0) is 16.9. The van der Waals surface area contributed by atoms with E-state index in [9.17, 15) is 4.79 Å². The predicted octanol–water partition coefficient (Wildman–Crippen LogP) is 3.19. The first-order chi connectivity index (χ1) is 11.7. The molecule has 1 atom stereocenters. The van der Waals surface area contributed by atoms with Gasteiger partial charge in [-0.25, -0.2) is 14.8 Å². The van der Waals surface area contributed by atoms with Gasteiger partial charge < -0.3 is 9.47 Å². The summed E-state index contributed by atoms with van der Waals surface area (Å²) in [7, 11) is 1.60. The van der Waals surface area contributed by atoms with Crippen LogP contribution in [0.3, 0.4) is 0 Å². The SMILES string of the molecule is COc1cccc([C@@H](C)OC(=O)c2ccnc(-n3ccnc3)c2)c1. The lowest BCUT2D eigenvalue weighted by molar-refractivity contribution is 0.0337. The zero-order valence-corrected chi connectivity index (χ0v) is 13.4. The van der Waals surface area contributed by atoms with E-state index < -0.39 is 12.1 Å². The van der Waals surface area contributed by atoms with Crippen molar-refractivity contribution in [1.29, 1.82) is 0 Å². The standard InChI is InChI=1S/C18H17N3O3/c1-13(14-4-3-5-16(10-14)23-2)24-18(22)15-6-7-20-17(11-15)21-9-8-19-12-21/h3-13H,1-2H3/t13-/m1/s1. The Kier molecular flexibility index (Phi) is 4.56. The Morgan fingerprint density at radius 2 is 2.08 bits per heavy atom. The molecule has 3 aromatic rings. The Morgan fingerprint density at radius 1 is 1.21 bits per heavy atom. The molecule has 3 rings (SSSR count). The van der Waals surface area contributed by atoms with Gasteiger partial charge >= 0.3 is 5.97 Å². The molecule has 1 aromatic carbocycles. The van der Waals surface area contributed by atoms with Crippen LogP contribution in [0.25, 0.3) is 5.82 Å². The first-order valence-electron chi connectivity index (χ1n) is 7.46. The minimum absolute atomic E-state index is 0.391. The quantitative estimate of drug-likeness (QED) is 0.675. The van der Waals surface area contributed by atoms with E-state index in [1.54, 1.807) is 48.7 Å². The van der Waals surface area contributed by atoms with Crippen molar-refractivity contribution in [3.63, 3.8) is 0 Å². The summed E-state index contributed by atoms with van der Waals surface area (Å²) < 4.78 is 12.5. The van der Waals surface area contributed by atoms with Gasteiger partial charge in [0, 0.05) is 18.6 Å². The molecule has 2 heterocycles. The number of hydrogen-bond acceptors (Lipinski definition) is 5. The highest BCUT2D eigenvalue weighted by Gasteiger charge is 2.15. The molecular formula is C18H17N3O3. The van der Waals surface area contributed by atoms with E-state index in [2.05, 4.69) is 9.97 Å². The van der Waals surface area contributed by atoms with Crippen LogP contribution >= 0.6 is 0 Å². The summed E-state index contributed by atoms with van der Waals surface area (Å²) >= 11 is 0. The van der Waals surface area contributed by atoms with Gasteiger partial charge in [-0.2, -0.15) is 0 Å². The Bertz CT molecular complexity index is 831. The van der Waals surface area contributed by atoms with Crippen molar-refractivity contribution in [2.24, 2.45) is 0 Å². The molecule has 6 nitrogen and oxygen atoms in total. The third kappa shape index (κ3) is 3.43. The van der Waals surface area contributed by atoms with Crippen molar-refractivity contribution < 1.29 is 14.3 Å². The molecule has 2 aromatic heterocycles. The first kappa shape index (κ1) is 15.7. The first-order valence-corrected chi connectivity index (χ1v) is 7.46. The van der Waals surface area contributed by atoms with Crippen LogP contribution in [0.15, 0.2) is 61.3 Å². The molecule has 0 saturated heterocycles. The van der Waals surface area contributed by atoms with Gasteiger partial charge in [0.1, 0.15) is 24.0 Å². The number of carbonyl (C=O) groups excluding carboxylic acids is 1. The molecule has 0 unspecified atom stereocenters. The number of ether oxygens (including phenoxy) is 2. The smallest absolute Gasteiger partial charge is 0.338 e. The van der Waals surface area contributed by atoms with Crippen LogP contribution in [-0.2, 0) is 4.74 Å². The number of imidazole rings is 1. The lowest BCUT2D eigenvalue weighted by atomic mass is 10.1. The minimum atomic E-state index is -0.408. The molecule has 0 amide bonds. The fourth-order valence-electron chi connectivity index (χ4n) is 2.27. The second-order valence-corrected chi connectivity index (χ2v) is 5.20. The van der Waals surface area contributed by atoms with Crippen molar-refractivity contribution in [2.45, 2.75) is 13.0 Å². The predicted molar refractivity (Wildman–Crippen MR) is 88.2 cm³/mol. The summed E-state index contributed by atoms with van der Waals surface area (Å²) in [6.07, 6.45) is 6.21. The van der Waals surface area contributed by atoms with E-state index in [0.29, 0.717) is 11.4 Å². The van der Waals surface area contributed by atoms with Crippen LogP contribution in [0.1, 0.15) is 28.9 Å². The maximum atomic E-state index is 12.4. The van der Waals surface area contributed by atoms with Gasteiger partial charge in [-0.1, -0.05) is 12.1 Å². The van der Waals surface area contributed by atoms with Crippen molar-refractivity contribution in [3.8, 4) is 11.6 Å². The number of pyridine rings is 1. The molecule has 6 heteroatoms. The van der Waals surface area contributed by atoms with E-state index in [0.717, 1.165) is 11.3 Å². The van der Waals surface area contributed by atoms with Gasteiger partial charge in [-0.3, -0.25) is 4.57 Å². The fraction of sp³-hybridized carbons (Fsp3) is 0.167. The van der Waals surface area contributed by atoms with Gasteiger partial charge in [0.25, 0.3) is 0 Å². The second kappa shape index (κ2) is 6.95. The molecule has 0 aliphatic carbocycles. The lowest BCUT2D eigenvalue weighted by Crippen LogP contribution is -2.10. The average Bonchev–Trinajstić information content (AvgIpc) is 3.16. The van der Waals surface area contributed by atoms with Gasteiger partial charge in [-0.05, 0) is 36.8 Å². The van der Waals surface area contributed by atoms with Crippen LogP contribution in [-0.4, -0.2) is 27.6 Å². The molecule has 122 valence electrons. The molecule has 0 aliphatic heterocycles. The largest absolute Gasteiger partial charge is 0.497 e. The summed E-state index contributed by atoms with van der Waals surface area (Å²) in [6, 6.07) is 10.7. The van der Waals surface area contributed by atoms with Crippen LogP contribution < -0.4 is 4.74 Å². The summed E-state index contributed by atoms with van der Waals surface area (Å²) in [5.74, 6) is 0.923. The van der Waals surface area contributed by atoms with Gasteiger partial charge in [-0.15, -0.1) is 0 Å². The molecule has 0 aliphatic rings. The number of esters is 1. The number of methoxy groups -OCH3 is 1. The Hall–Kier alpha value is -3.15. The number of aromatic nitrogens is 3. The number of benzene rings is 1. The van der Waals surface area contributed by atoms with E-state index in [1.165, 1.54) is 0 Å². The zero-order valence-electron chi connectivity index (χ0n) is 13.4. The third-order valence-electron chi connectivity index (χ3n) is 3.60. The van der Waals surface area contributed by atoms with Gasteiger partial charge in [0.2, 0.25) is 0 Å². The lowest BCUT2D eigenvalue weighted by Gasteiger charge is -2.14. The monoisotopic (exact) mass is 323 g/mol. The van der Waals surface area contributed by atoms with E-state index in [4.69, 9.17) is 9.47 Å². The summed E-state index contributed by atoms with van der Waals surface area (Å²) in [6.45, 7) is 1.82. The Morgan fingerprint density at radius 3 is 2.83 bits per heavy atom. The normalized spacial score (nSPS) is 11.8. The van der Waals surface area contributed by atoms with Crippen molar-refractivity contribution >= 4 is 5.97 Å². The maximum Gasteiger partial charge on any atom is 0.338 e. The number of carbonyl (C=O) groups is 1. The van der Waals surface area contributed by atoms with Crippen molar-refractivity contribution in [3.05, 3.63) is 72.4 Å². The number of rotatable bonds is 5. The number of nitrogens with zero attached hydrogens (tertiary/aromatic N) is 3. The van der Waals surface area contributed by atoms with Gasteiger partial charge in [0.05, 0.1) is 12.7 Å². The van der Waals surface area contributed by atoms with Crippen LogP contribution in [0.4, 0.5) is 0 Å². The van der Waals surface area contributed by atoms with E-state index >= 15 is 0 Å². The molecule has 0 spiro atoms. The van der Waals surface area contributed by atoms with E-state index in [-0.39, 0.29) is 0 Å². The molecule has 24 heavy (non-hydrogen) atoms. The maximum absolute atomic E-state index is 12.4. The molecule has 0 radical (unpaired) electrons. The minimum Gasteiger partial charge on any atom is -0.497 e. The summed E-state index contributed by atoms with van der Waals surface area (Å²) in [4.78, 5) is 20.6. The Balaban J connectivity index is 1.76. The molecule has 0 bridgehead atoms. The Labute approximate surface area is 139 Å². The highest BCUT2D eigenvalue weighted by molar-refractivity contribution is 5.89. The van der Waals surface area contributed by atoms with Crippen LogP contribution in [0, 0.1) is 0 Å². The topological polar surface area (TPSA) is 66.2 Å². The highest BCUT2D eigenvalue weighted by atomic mass is 16.5. The molecule has 0 N–H and O–H groups in total. The highest BCUT2D eigenvalue weighted by Crippen LogP contribution is 2.23. The molecular weight excluding hydrogens is 306 g/mol. The second-order valence-electron chi connectivity index (χ2n) is 5.20. The summed E-state index contributed by atoms with van der Waals surface area (Å²) in [5, 5.41) is 0. The summed E-state index contributed by atoms with van der Waals surface area (Å²) in [5.41, 5.74) is 1.30. The van der Waals surface area contributed by atoms with E-state index in [1.807, 2.05) is 31.2 Å². The molecule has 0 saturated carbocycles.